The molecule has 0 amide bonds. The van der Waals surface area contributed by atoms with Gasteiger partial charge in [-0.2, -0.15) is 0 Å². The lowest BCUT2D eigenvalue weighted by molar-refractivity contribution is 0.102. The number of aliphatic hydroxyl groups is 1. The number of rotatable bonds is 2. The zero-order valence-electron chi connectivity index (χ0n) is 10.9. The molecule has 0 saturated carbocycles. The summed E-state index contributed by atoms with van der Waals surface area (Å²) in [5.41, 5.74) is 2.86. The predicted octanol–water partition coefficient (Wildman–Crippen LogP) is 4.66. The van der Waals surface area contributed by atoms with Crippen LogP contribution in [0, 0.1) is 12.8 Å². The Balaban J connectivity index is 1.83. The van der Waals surface area contributed by atoms with Gasteiger partial charge in [0.05, 0.1) is 6.10 Å². The first-order chi connectivity index (χ1) is 9.15. The maximum atomic E-state index is 10.6. The molecule has 0 fully saturated rings. The average molecular weight is 337 g/mol. The van der Waals surface area contributed by atoms with Crippen LogP contribution in [0.3, 0.4) is 0 Å². The van der Waals surface area contributed by atoms with Crippen LogP contribution in [0.4, 0.5) is 0 Å². The fraction of sp³-hybridized carbons (Fsp3) is 0.375. The van der Waals surface area contributed by atoms with Crippen LogP contribution in [0.5, 0.6) is 0 Å². The summed E-state index contributed by atoms with van der Waals surface area (Å²) in [6.45, 7) is 2.09. The summed E-state index contributed by atoms with van der Waals surface area (Å²) in [5.74, 6) is 0.337. The van der Waals surface area contributed by atoms with Gasteiger partial charge in [-0.3, -0.25) is 0 Å². The molecule has 1 aromatic carbocycles. The number of aliphatic hydroxyl groups excluding tert-OH is 1. The Morgan fingerprint density at radius 2 is 2.05 bits per heavy atom. The van der Waals surface area contributed by atoms with Crippen LogP contribution in [0.2, 0.25) is 0 Å². The second-order valence-corrected chi connectivity index (χ2v) is 7.43. The highest BCUT2D eigenvalue weighted by atomic mass is 79.9. The third-order valence-corrected chi connectivity index (χ3v) is 5.98. The Morgan fingerprint density at radius 3 is 2.74 bits per heavy atom. The second-order valence-electron chi connectivity index (χ2n) is 5.29. The minimum atomic E-state index is -0.346. The summed E-state index contributed by atoms with van der Waals surface area (Å²) < 4.78 is 1.06. The van der Waals surface area contributed by atoms with Crippen LogP contribution in [0.25, 0.3) is 0 Å². The van der Waals surface area contributed by atoms with E-state index < -0.39 is 0 Å². The van der Waals surface area contributed by atoms with Gasteiger partial charge in [-0.1, -0.05) is 24.3 Å². The van der Waals surface area contributed by atoms with Crippen LogP contribution < -0.4 is 0 Å². The molecule has 1 aromatic heterocycles. The van der Waals surface area contributed by atoms with E-state index in [1.165, 1.54) is 16.0 Å². The maximum Gasteiger partial charge on any atom is 0.0924 e. The molecule has 1 aliphatic carbocycles. The van der Waals surface area contributed by atoms with Gasteiger partial charge < -0.3 is 5.11 Å². The number of thiophene rings is 1. The minimum Gasteiger partial charge on any atom is -0.387 e. The van der Waals surface area contributed by atoms with Gasteiger partial charge in [0.1, 0.15) is 0 Å². The number of aryl methyl sites for hydroxylation is 2. The van der Waals surface area contributed by atoms with Gasteiger partial charge in [0.25, 0.3) is 0 Å². The Kier molecular flexibility index (Phi) is 3.79. The summed E-state index contributed by atoms with van der Waals surface area (Å²) >= 11 is 5.27. The fourth-order valence-corrected chi connectivity index (χ4v) is 4.88. The standard InChI is InChI=1S/C16H17BrOS/c1-10-8-14(17)16(19-10)15(18)13-7-6-11-4-2-3-5-12(11)9-13/h2-5,8,13,15,18H,6-7,9H2,1H3. The number of fused-ring (bicyclic) bond motifs is 1. The fourth-order valence-electron chi connectivity index (χ4n) is 2.91. The highest BCUT2D eigenvalue weighted by Crippen LogP contribution is 2.40. The molecule has 2 unspecified atom stereocenters. The molecular weight excluding hydrogens is 320 g/mol. The van der Waals surface area contributed by atoms with E-state index in [1.54, 1.807) is 11.3 Å². The monoisotopic (exact) mass is 336 g/mol. The van der Waals surface area contributed by atoms with Gasteiger partial charge in [0, 0.05) is 14.2 Å². The molecule has 2 aromatic rings. The van der Waals surface area contributed by atoms with Crippen molar-refractivity contribution in [3.05, 3.63) is 55.7 Å². The van der Waals surface area contributed by atoms with E-state index in [9.17, 15) is 5.11 Å². The Hall–Kier alpha value is -0.640. The van der Waals surface area contributed by atoms with Crippen molar-refractivity contribution in [1.82, 2.24) is 0 Å². The van der Waals surface area contributed by atoms with Gasteiger partial charge in [-0.25, -0.2) is 0 Å². The Labute approximate surface area is 126 Å². The van der Waals surface area contributed by atoms with Crippen molar-refractivity contribution in [1.29, 1.82) is 0 Å². The van der Waals surface area contributed by atoms with E-state index in [4.69, 9.17) is 0 Å². The summed E-state index contributed by atoms with van der Waals surface area (Å²) in [6, 6.07) is 10.7. The van der Waals surface area contributed by atoms with E-state index in [0.717, 1.165) is 28.6 Å². The lowest BCUT2D eigenvalue weighted by atomic mass is 9.81. The molecule has 19 heavy (non-hydrogen) atoms. The van der Waals surface area contributed by atoms with Crippen LogP contribution >= 0.6 is 27.3 Å². The van der Waals surface area contributed by atoms with Crippen LogP contribution in [0.1, 0.15) is 33.4 Å². The molecule has 3 rings (SSSR count). The van der Waals surface area contributed by atoms with Crippen molar-refractivity contribution in [3.8, 4) is 0 Å². The molecule has 1 nitrogen and oxygen atoms in total. The lowest BCUT2D eigenvalue weighted by Gasteiger charge is -2.28. The van der Waals surface area contributed by atoms with E-state index in [0.29, 0.717) is 5.92 Å². The molecule has 3 heteroatoms. The highest BCUT2D eigenvalue weighted by Gasteiger charge is 2.28. The van der Waals surface area contributed by atoms with Gasteiger partial charge in [0.15, 0.2) is 0 Å². The molecule has 1 heterocycles. The molecule has 1 N–H and O–H groups in total. The molecule has 0 saturated heterocycles. The normalized spacial score (nSPS) is 20.1. The topological polar surface area (TPSA) is 20.2 Å². The van der Waals surface area contributed by atoms with Gasteiger partial charge >= 0.3 is 0 Å². The summed E-state index contributed by atoms with van der Waals surface area (Å²) in [5, 5.41) is 10.6. The summed E-state index contributed by atoms with van der Waals surface area (Å²) in [7, 11) is 0. The number of halogens is 1. The van der Waals surface area contributed by atoms with Crippen LogP contribution in [-0.4, -0.2) is 5.11 Å². The van der Waals surface area contributed by atoms with Crippen molar-refractivity contribution in [2.24, 2.45) is 5.92 Å². The molecule has 0 bridgehead atoms. The zero-order valence-corrected chi connectivity index (χ0v) is 13.3. The Morgan fingerprint density at radius 1 is 1.32 bits per heavy atom. The lowest BCUT2D eigenvalue weighted by Crippen LogP contribution is -2.20. The van der Waals surface area contributed by atoms with Crippen LogP contribution in [0.15, 0.2) is 34.8 Å². The van der Waals surface area contributed by atoms with Crippen LogP contribution in [-0.2, 0) is 12.8 Å². The molecule has 1 aliphatic rings. The molecule has 0 spiro atoms. The van der Waals surface area contributed by atoms with Crippen molar-refractivity contribution < 1.29 is 5.11 Å². The predicted molar refractivity (Wildman–Crippen MR) is 83.7 cm³/mol. The van der Waals surface area contributed by atoms with Crippen molar-refractivity contribution in [2.75, 3.05) is 0 Å². The molecule has 0 radical (unpaired) electrons. The van der Waals surface area contributed by atoms with Crippen molar-refractivity contribution in [2.45, 2.75) is 32.3 Å². The van der Waals surface area contributed by atoms with E-state index in [2.05, 4.69) is 53.2 Å². The van der Waals surface area contributed by atoms with E-state index >= 15 is 0 Å². The van der Waals surface area contributed by atoms with E-state index in [1.807, 2.05) is 0 Å². The first-order valence-corrected chi connectivity index (χ1v) is 8.27. The zero-order chi connectivity index (χ0) is 13.4. The SMILES string of the molecule is Cc1cc(Br)c(C(O)C2CCc3ccccc3C2)s1. The summed E-state index contributed by atoms with van der Waals surface area (Å²) in [6.07, 6.45) is 2.80. The third kappa shape index (κ3) is 2.64. The van der Waals surface area contributed by atoms with Gasteiger partial charge in [-0.05, 0) is 65.2 Å². The molecule has 2 atom stereocenters. The first kappa shape index (κ1) is 13.3. The van der Waals surface area contributed by atoms with Crippen molar-refractivity contribution in [3.63, 3.8) is 0 Å². The molecule has 100 valence electrons. The Bertz CT molecular complexity index is 590. The average Bonchev–Trinajstić information content (AvgIpc) is 2.76. The molecule has 0 aliphatic heterocycles. The number of hydrogen-bond donors (Lipinski definition) is 1. The maximum absolute atomic E-state index is 10.6. The van der Waals surface area contributed by atoms with E-state index in [-0.39, 0.29) is 6.10 Å². The number of hydrogen-bond acceptors (Lipinski definition) is 2. The molecular formula is C16H17BrOS. The minimum absolute atomic E-state index is 0.337. The highest BCUT2D eigenvalue weighted by molar-refractivity contribution is 9.10. The number of benzene rings is 1. The largest absolute Gasteiger partial charge is 0.387 e. The third-order valence-electron chi connectivity index (χ3n) is 3.94. The summed E-state index contributed by atoms with van der Waals surface area (Å²) in [4.78, 5) is 2.33. The quantitative estimate of drug-likeness (QED) is 0.845. The smallest absolute Gasteiger partial charge is 0.0924 e. The van der Waals surface area contributed by atoms with Gasteiger partial charge in [-0.15, -0.1) is 11.3 Å². The van der Waals surface area contributed by atoms with Gasteiger partial charge in [0.2, 0.25) is 0 Å². The van der Waals surface area contributed by atoms with Crippen molar-refractivity contribution >= 4 is 27.3 Å². The second kappa shape index (κ2) is 5.39. The first-order valence-electron chi connectivity index (χ1n) is 6.66.